The third kappa shape index (κ3) is 5.55. The quantitative estimate of drug-likeness (QED) is 0.465. The van der Waals surface area contributed by atoms with Crippen molar-refractivity contribution in [2.45, 2.75) is 108 Å². The van der Waals surface area contributed by atoms with E-state index >= 15 is 0 Å². The van der Waals surface area contributed by atoms with Gasteiger partial charge >= 0.3 is 12.7 Å². The molecule has 0 aromatic rings. The molecule has 28 heavy (non-hydrogen) atoms. The third-order valence-electron chi connectivity index (χ3n) is 6.83. The van der Waals surface area contributed by atoms with Crippen molar-refractivity contribution in [1.29, 1.82) is 0 Å². The van der Waals surface area contributed by atoms with Gasteiger partial charge in [0.2, 0.25) is 0 Å². The van der Waals surface area contributed by atoms with Crippen molar-refractivity contribution in [2.24, 2.45) is 17.8 Å². The van der Waals surface area contributed by atoms with Crippen LogP contribution in [-0.4, -0.2) is 37.3 Å². The van der Waals surface area contributed by atoms with Gasteiger partial charge in [0.1, 0.15) is 12.3 Å². The van der Waals surface area contributed by atoms with Gasteiger partial charge < -0.3 is 9.47 Å². The van der Waals surface area contributed by atoms with E-state index in [1.807, 2.05) is 0 Å². The van der Waals surface area contributed by atoms with Crippen LogP contribution in [-0.2, 0) is 9.47 Å². The van der Waals surface area contributed by atoms with E-state index in [-0.39, 0.29) is 31.6 Å². The van der Waals surface area contributed by atoms with Gasteiger partial charge in [-0.25, -0.2) is 8.78 Å². The number of halogens is 6. The van der Waals surface area contributed by atoms with Gasteiger partial charge in [-0.3, -0.25) is 0 Å². The fraction of sp³-hybridized carbons (Fsp3) is 1.00. The normalized spacial score (nSPS) is 38.7. The summed E-state index contributed by atoms with van der Waals surface area (Å²) in [5, 5.41) is 0. The smallest absolute Gasteiger partial charge is 0.317 e. The minimum atomic E-state index is -3.68. The molecular formula is C20H30F6O2. The Morgan fingerprint density at radius 2 is 1.46 bits per heavy atom. The maximum atomic E-state index is 14.6. The zero-order valence-electron chi connectivity index (χ0n) is 16.0. The summed E-state index contributed by atoms with van der Waals surface area (Å²) in [4.78, 5) is 0. The molecule has 6 atom stereocenters. The lowest BCUT2D eigenvalue weighted by Crippen LogP contribution is -2.46. The molecule has 2 nitrogen and oxygen atoms in total. The van der Waals surface area contributed by atoms with Crippen molar-refractivity contribution in [3.63, 3.8) is 0 Å². The molecule has 3 saturated carbocycles. The van der Waals surface area contributed by atoms with Crippen LogP contribution in [0.5, 0.6) is 0 Å². The van der Waals surface area contributed by atoms with E-state index in [2.05, 4.69) is 4.74 Å². The topological polar surface area (TPSA) is 18.5 Å². The molecule has 0 spiro atoms. The summed E-state index contributed by atoms with van der Waals surface area (Å²) in [7, 11) is 0. The summed E-state index contributed by atoms with van der Waals surface area (Å²) < 4.78 is 91.3. The van der Waals surface area contributed by atoms with Crippen LogP contribution in [0, 0.1) is 17.8 Å². The van der Waals surface area contributed by atoms with Crippen molar-refractivity contribution in [3.05, 3.63) is 0 Å². The summed E-state index contributed by atoms with van der Waals surface area (Å²) in [5.74, 6) is -0.945. The SMILES string of the molecule is FC(F)OC1CCC(OC(F)(F)C2CCC(C3CCCCC3)CC2F)CC1F. The van der Waals surface area contributed by atoms with E-state index in [9.17, 15) is 26.3 Å². The van der Waals surface area contributed by atoms with E-state index in [4.69, 9.17) is 4.74 Å². The molecule has 0 aliphatic heterocycles. The summed E-state index contributed by atoms with van der Waals surface area (Å²) in [6.45, 7) is -3.10. The van der Waals surface area contributed by atoms with Crippen molar-refractivity contribution in [1.82, 2.24) is 0 Å². The van der Waals surface area contributed by atoms with Gasteiger partial charge in [0, 0.05) is 6.42 Å². The lowest BCUT2D eigenvalue weighted by molar-refractivity contribution is -0.315. The largest absolute Gasteiger partial charge is 0.361 e. The fourth-order valence-electron chi connectivity index (χ4n) is 5.31. The molecule has 0 aromatic carbocycles. The van der Waals surface area contributed by atoms with E-state index in [1.54, 1.807) is 0 Å². The van der Waals surface area contributed by atoms with Gasteiger partial charge in [0.05, 0.1) is 18.1 Å². The van der Waals surface area contributed by atoms with Crippen molar-refractivity contribution < 1.29 is 35.8 Å². The minimum absolute atomic E-state index is 0.0121. The molecule has 0 radical (unpaired) electrons. The second-order valence-electron chi connectivity index (χ2n) is 8.66. The molecule has 0 saturated heterocycles. The molecule has 3 aliphatic rings. The Morgan fingerprint density at radius 1 is 0.750 bits per heavy atom. The van der Waals surface area contributed by atoms with Crippen LogP contribution in [0.4, 0.5) is 26.3 Å². The minimum Gasteiger partial charge on any atom is -0.317 e. The van der Waals surface area contributed by atoms with Crippen molar-refractivity contribution >= 4 is 0 Å². The van der Waals surface area contributed by atoms with Crippen LogP contribution in [0.1, 0.15) is 70.6 Å². The molecule has 0 amide bonds. The van der Waals surface area contributed by atoms with Crippen LogP contribution in [0.15, 0.2) is 0 Å². The molecule has 0 heterocycles. The number of ether oxygens (including phenoxy) is 2. The summed E-state index contributed by atoms with van der Waals surface area (Å²) in [6, 6.07) is 0. The first-order chi connectivity index (χ1) is 13.3. The molecule has 8 heteroatoms. The average Bonchev–Trinajstić information content (AvgIpc) is 2.64. The molecule has 0 bridgehead atoms. The highest BCUT2D eigenvalue weighted by Crippen LogP contribution is 2.47. The van der Waals surface area contributed by atoms with Gasteiger partial charge in [-0.15, -0.1) is 0 Å². The number of alkyl halides is 6. The zero-order valence-corrected chi connectivity index (χ0v) is 16.0. The Labute approximate surface area is 162 Å². The van der Waals surface area contributed by atoms with Gasteiger partial charge in [0.15, 0.2) is 0 Å². The van der Waals surface area contributed by atoms with Crippen molar-refractivity contribution in [2.75, 3.05) is 0 Å². The number of hydrogen-bond acceptors (Lipinski definition) is 2. The van der Waals surface area contributed by atoms with Crippen LogP contribution in [0.2, 0.25) is 0 Å². The maximum Gasteiger partial charge on any atom is 0.361 e. The molecule has 3 rings (SSSR count). The van der Waals surface area contributed by atoms with Crippen LogP contribution >= 0.6 is 0 Å². The lowest BCUT2D eigenvalue weighted by atomic mass is 9.70. The molecule has 3 fully saturated rings. The second-order valence-corrected chi connectivity index (χ2v) is 8.66. The Bertz CT molecular complexity index is 485. The molecule has 3 aliphatic carbocycles. The van der Waals surface area contributed by atoms with Gasteiger partial charge in [-0.05, 0) is 43.9 Å². The summed E-state index contributed by atoms with van der Waals surface area (Å²) in [5.41, 5.74) is 0. The first-order valence-corrected chi connectivity index (χ1v) is 10.5. The fourth-order valence-corrected chi connectivity index (χ4v) is 5.31. The number of hydrogen-bond donors (Lipinski definition) is 0. The predicted molar refractivity (Wildman–Crippen MR) is 91.7 cm³/mol. The van der Waals surface area contributed by atoms with E-state index < -0.39 is 49.6 Å². The monoisotopic (exact) mass is 416 g/mol. The van der Waals surface area contributed by atoms with E-state index in [0.29, 0.717) is 12.3 Å². The Morgan fingerprint density at radius 3 is 2.07 bits per heavy atom. The molecular weight excluding hydrogens is 386 g/mol. The van der Waals surface area contributed by atoms with Gasteiger partial charge in [-0.1, -0.05) is 32.1 Å². The third-order valence-corrected chi connectivity index (χ3v) is 6.83. The highest BCUT2D eigenvalue weighted by molar-refractivity contribution is 4.90. The predicted octanol–water partition coefficient (Wildman–Crippen LogP) is 6.43. The van der Waals surface area contributed by atoms with Gasteiger partial charge in [-0.2, -0.15) is 17.6 Å². The van der Waals surface area contributed by atoms with Gasteiger partial charge in [0.25, 0.3) is 0 Å². The van der Waals surface area contributed by atoms with E-state index in [1.165, 1.54) is 6.42 Å². The summed E-state index contributed by atoms with van der Waals surface area (Å²) in [6.07, 6.45) is -3.83. The first kappa shape index (κ1) is 22.2. The maximum absolute atomic E-state index is 14.6. The molecule has 0 aromatic heterocycles. The first-order valence-electron chi connectivity index (χ1n) is 10.5. The second kappa shape index (κ2) is 9.54. The lowest BCUT2D eigenvalue weighted by Gasteiger charge is -2.41. The Kier molecular flexibility index (Phi) is 7.56. The highest BCUT2D eigenvalue weighted by Gasteiger charge is 2.51. The molecule has 164 valence electrons. The molecule has 0 N–H and O–H groups in total. The Hall–Kier alpha value is -0.500. The van der Waals surface area contributed by atoms with E-state index in [0.717, 1.165) is 25.7 Å². The summed E-state index contributed by atoms with van der Waals surface area (Å²) >= 11 is 0. The molecule has 6 unspecified atom stereocenters. The van der Waals surface area contributed by atoms with Crippen molar-refractivity contribution in [3.8, 4) is 0 Å². The van der Waals surface area contributed by atoms with Crippen LogP contribution < -0.4 is 0 Å². The number of rotatable bonds is 6. The zero-order chi connectivity index (χ0) is 20.3. The Balaban J connectivity index is 1.50. The average molecular weight is 416 g/mol. The highest BCUT2D eigenvalue weighted by atomic mass is 19.3. The van der Waals surface area contributed by atoms with Crippen LogP contribution in [0.3, 0.4) is 0 Å². The van der Waals surface area contributed by atoms with Crippen LogP contribution in [0.25, 0.3) is 0 Å². The standard InChI is InChI=1S/C20H30F6O2/c21-16-10-13(12-4-2-1-3-5-12)6-8-15(16)20(25,26)28-14-7-9-18(17(22)11-14)27-19(23)24/h12-19H,1-11H2.